The number of hydrogen-bond acceptors (Lipinski definition) is 4. The van der Waals surface area contributed by atoms with Gasteiger partial charge in [0.1, 0.15) is 6.61 Å². The van der Waals surface area contributed by atoms with Crippen LogP contribution in [0, 0.1) is 0 Å². The fourth-order valence-electron chi connectivity index (χ4n) is 3.92. The lowest BCUT2D eigenvalue weighted by Gasteiger charge is -2.40. The number of amides is 1. The van der Waals surface area contributed by atoms with Crippen molar-refractivity contribution in [2.45, 2.75) is 44.7 Å². The van der Waals surface area contributed by atoms with E-state index >= 15 is 0 Å². The molecule has 3 heterocycles. The molecule has 1 aromatic rings. The molecule has 1 saturated heterocycles. The lowest BCUT2D eigenvalue weighted by atomic mass is 9.94. The zero-order chi connectivity index (χ0) is 14.9. The summed E-state index contributed by atoms with van der Waals surface area (Å²) in [5.41, 5.74) is 0.529. The van der Waals surface area contributed by atoms with Crippen molar-refractivity contribution in [3.05, 3.63) is 11.8 Å². The molecule has 0 aromatic carbocycles. The lowest BCUT2D eigenvalue weighted by Crippen LogP contribution is -2.52. The minimum atomic E-state index is 0.0498. The van der Waals surface area contributed by atoms with Crippen LogP contribution in [0.5, 0.6) is 5.88 Å². The fraction of sp³-hybridized carbons (Fsp3) is 0.750. The van der Waals surface area contributed by atoms with Gasteiger partial charge in [-0.1, -0.05) is 19.3 Å². The Kier molecular flexibility index (Phi) is 3.78. The Morgan fingerprint density at radius 1 is 1.09 bits per heavy atom. The molecule has 0 radical (unpaired) electrons. The summed E-state index contributed by atoms with van der Waals surface area (Å²) >= 11 is 0. The van der Waals surface area contributed by atoms with Crippen molar-refractivity contribution in [1.82, 2.24) is 19.6 Å². The molecule has 4 rings (SSSR count). The summed E-state index contributed by atoms with van der Waals surface area (Å²) < 4.78 is 7.22. The Bertz CT molecular complexity index is 521. The summed E-state index contributed by atoms with van der Waals surface area (Å²) in [5.74, 6) is 0.776. The molecule has 2 aliphatic heterocycles. The molecule has 1 aromatic heterocycles. The average Bonchev–Trinajstić information content (AvgIpc) is 3.17. The van der Waals surface area contributed by atoms with Gasteiger partial charge in [-0.15, -0.1) is 0 Å². The molecular weight excluding hydrogens is 280 g/mol. The summed E-state index contributed by atoms with van der Waals surface area (Å²) in [4.78, 5) is 17.1. The molecule has 6 heteroatoms. The van der Waals surface area contributed by atoms with Crippen LogP contribution in [-0.2, 0) is 6.54 Å². The molecule has 1 saturated carbocycles. The predicted molar refractivity (Wildman–Crippen MR) is 82.1 cm³/mol. The van der Waals surface area contributed by atoms with Gasteiger partial charge < -0.3 is 9.64 Å². The first-order valence-electron chi connectivity index (χ1n) is 8.55. The number of fused-ring (bicyclic) bond motifs is 1. The van der Waals surface area contributed by atoms with Gasteiger partial charge in [0.15, 0.2) is 5.69 Å². The smallest absolute Gasteiger partial charge is 0.274 e. The van der Waals surface area contributed by atoms with E-state index in [4.69, 9.17) is 4.74 Å². The number of carbonyl (C=O) groups excluding carboxylic acids is 1. The molecule has 1 amide bonds. The van der Waals surface area contributed by atoms with Crippen LogP contribution < -0.4 is 4.74 Å². The molecule has 0 unspecified atom stereocenters. The van der Waals surface area contributed by atoms with E-state index in [0.717, 1.165) is 44.6 Å². The summed E-state index contributed by atoms with van der Waals surface area (Å²) in [6.45, 7) is 5.05. The zero-order valence-electron chi connectivity index (χ0n) is 13.0. The molecule has 0 bridgehead atoms. The van der Waals surface area contributed by atoms with E-state index in [0.29, 0.717) is 12.3 Å². The highest BCUT2D eigenvalue weighted by Crippen LogP contribution is 2.24. The summed E-state index contributed by atoms with van der Waals surface area (Å²) in [6, 6.07) is 2.53. The van der Waals surface area contributed by atoms with Gasteiger partial charge in [-0.05, 0) is 12.8 Å². The second-order valence-electron chi connectivity index (χ2n) is 6.56. The largest absolute Gasteiger partial charge is 0.476 e. The van der Waals surface area contributed by atoms with Crippen LogP contribution in [0.3, 0.4) is 0 Å². The van der Waals surface area contributed by atoms with Gasteiger partial charge >= 0.3 is 0 Å². The number of nitrogens with zero attached hydrogens (tertiary/aromatic N) is 4. The van der Waals surface area contributed by atoms with Crippen LogP contribution in [0.2, 0.25) is 0 Å². The van der Waals surface area contributed by atoms with E-state index in [1.807, 2.05) is 4.90 Å². The third-order valence-corrected chi connectivity index (χ3v) is 5.21. The summed E-state index contributed by atoms with van der Waals surface area (Å²) in [6.07, 6.45) is 6.79. The van der Waals surface area contributed by atoms with Crippen LogP contribution in [-0.4, -0.2) is 64.3 Å². The minimum absolute atomic E-state index is 0.0498. The average molecular weight is 304 g/mol. The van der Waals surface area contributed by atoms with E-state index in [2.05, 4.69) is 10.00 Å². The highest BCUT2D eigenvalue weighted by molar-refractivity contribution is 5.92. The molecule has 22 heavy (non-hydrogen) atoms. The second-order valence-corrected chi connectivity index (χ2v) is 6.56. The number of hydrogen-bond donors (Lipinski definition) is 0. The Labute approximate surface area is 131 Å². The van der Waals surface area contributed by atoms with Crippen molar-refractivity contribution in [2.24, 2.45) is 0 Å². The van der Waals surface area contributed by atoms with E-state index < -0.39 is 0 Å². The van der Waals surface area contributed by atoms with Crippen molar-refractivity contribution in [2.75, 3.05) is 32.8 Å². The van der Waals surface area contributed by atoms with Gasteiger partial charge in [0.05, 0.1) is 6.54 Å². The third-order valence-electron chi connectivity index (χ3n) is 5.21. The Hall–Kier alpha value is -1.56. The number of ether oxygens (including phenoxy) is 1. The number of aromatic nitrogens is 2. The van der Waals surface area contributed by atoms with Gasteiger partial charge in [0.25, 0.3) is 5.91 Å². The molecule has 0 spiro atoms. The van der Waals surface area contributed by atoms with Gasteiger partial charge in [0.2, 0.25) is 5.88 Å². The van der Waals surface area contributed by atoms with Gasteiger partial charge in [-0.25, -0.2) is 4.68 Å². The zero-order valence-corrected chi connectivity index (χ0v) is 13.0. The molecule has 2 fully saturated rings. The Morgan fingerprint density at radius 2 is 1.86 bits per heavy atom. The van der Waals surface area contributed by atoms with Crippen molar-refractivity contribution in [1.29, 1.82) is 0 Å². The van der Waals surface area contributed by atoms with Crippen molar-refractivity contribution < 1.29 is 9.53 Å². The molecule has 6 nitrogen and oxygen atoms in total. The number of piperazine rings is 1. The van der Waals surface area contributed by atoms with Gasteiger partial charge in [-0.2, -0.15) is 5.10 Å². The van der Waals surface area contributed by atoms with Gasteiger partial charge in [-0.3, -0.25) is 9.69 Å². The monoisotopic (exact) mass is 304 g/mol. The van der Waals surface area contributed by atoms with Crippen LogP contribution in [0.25, 0.3) is 0 Å². The molecule has 1 aliphatic carbocycles. The Morgan fingerprint density at radius 3 is 2.59 bits per heavy atom. The standard InChI is InChI=1S/C16H24N4O2/c21-16(14-12-15-20(17-14)10-11-22-15)19-8-6-18(7-9-19)13-4-2-1-3-5-13/h12-13H,1-11H2. The van der Waals surface area contributed by atoms with Crippen LogP contribution >= 0.6 is 0 Å². The lowest BCUT2D eigenvalue weighted by molar-refractivity contribution is 0.0517. The van der Waals surface area contributed by atoms with Crippen LogP contribution in [0.4, 0.5) is 0 Å². The quantitative estimate of drug-likeness (QED) is 0.828. The molecule has 120 valence electrons. The van der Waals surface area contributed by atoms with E-state index in [1.54, 1.807) is 10.7 Å². The number of rotatable bonds is 2. The maximum atomic E-state index is 12.6. The van der Waals surface area contributed by atoms with Crippen molar-refractivity contribution in [3.63, 3.8) is 0 Å². The summed E-state index contributed by atoms with van der Waals surface area (Å²) in [7, 11) is 0. The number of carbonyl (C=O) groups is 1. The second kappa shape index (κ2) is 5.91. The van der Waals surface area contributed by atoms with Crippen LogP contribution in [0.15, 0.2) is 6.07 Å². The van der Waals surface area contributed by atoms with Gasteiger partial charge in [0, 0.05) is 38.3 Å². The minimum Gasteiger partial charge on any atom is -0.476 e. The highest BCUT2D eigenvalue weighted by atomic mass is 16.5. The van der Waals surface area contributed by atoms with Crippen LogP contribution in [0.1, 0.15) is 42.6 Å². The summed E-state index contributed by atoms with van der Waals surface area (Å²) in [5, 5.41) is 4.36. The maximum Gasteiger partial charge on any atom is 0.274 e. The molecule has 0 N–H and O–H groups in total. The molecule has 3 aliphatic rings. The van der Waals surface area contributed by atoms with Crippen molar-refractivity contribution >= 4 is 5.91 Å². The van der Waals surface area contributed by atoms with E-state index in [1.165, 1.54) is 32.1 Å². The van der Waals surface area contributed by atoms with E-state index in [9.17, 15) is 4.79 Å². The Balaban J connectivity index is 1.35. The molecule has 0 atom stereocenters. The topological polar surface area (TPSA) is 50.6 Å². The first kappa shape index (κ1) is 14.1. The SMILES string of the molecule is O=C(c1cc2n(n1)CCO2)N1CCN(C2CCCCC2)CC1. The highest BCUT2D eigenvalue weighted by Gasteiger charge is 2.29. The maximum absolute atomic E-state index is 12.6. The third kappa shape index (κ3) is 2.60. The molecular formula is C16H24N4O2. The van der Waals surface area contributed by atoms with E-state index in [-0.39, 0.29) is 5.91 Å². The predicted octanol–water partition coefficient (Wildman–Crippen LogP) is 1.37. The van der Waals surface area contributed by atoms with Crippen molar-refractivity contribution in [3.8, 4) is 5.88 Å². The fourth-order valence-corrected chi connectivity index (χ4v) is 3.92. The first-order chi connectivity index (χ1) is 10.8. The normalized spacial score (nSPS) is 23.4. The first-order valence-corrected chi connectivity index (χ1v) is 8.55.